The first kappa shape index (κ1) is 16.3. The Morgan fingerprint density at radius 1 is 1.08 bits per heavy atom. The SMILES string of the molecule is O=C(/C=C/c1ccc(Cl)cc1)Oc1ccc2c(=O)c(Cl)coc2c1. The fourth-order valence-corrected chi connectivity index (χ4v) is 2.31. The molecule has 3 rings (SSSR count). The molecule has 0 atom stereocenters. The standard InChI is InChI=1S/C18H10Cl2O4/c19-12-4-1-11(2-5-12)3-8-17(21)24-13-6-7-14-16(9-13)23-10-15(20)18(14)22/h1-10H/b8-3+. The molecule has 0 radical (unpaired) electrons. The number of benzene rings is 2. The summed E-state index contributed by atoms with van der Waals surface area (Å²) in [5.74, 6) is -0.292. The van der Waals surface area contributed by atoms with Crippen molar-refractivity contribution in [3.8, 4) is 5.75 Å². The van der Waals surface area contributed by atoms with E-state index in [1.165, 1.54) is 24.3 Å². The van der Waals surface area contributed by atoms with Gasteiger partial charge in [0.2, 0.25) is 5.43 Å². The molecule has 1 heterocycles. The van der Waals surface area contributed by atoms with Crippen LogP contribution in [-0.4, -0.2) is 5.97 Å². The maximum atomic E-state index is 11.9. The van der Waals surface area contributed by atoms with Gasteiger partial charge in [0.1, 0.15) is 22.6 Å². The molecule has 0 bridgehead atoms. The van der Waals surface area contributed by atoms with E-state index in [2.05, 4.69) is 0 Å². The van der Waals surface area contributed by atoms with Crippen molar-refractivity contribution in [3.05, 3.63) is 80.6 Å². The minimum absolute atomic E-state index is 0.00172. The van der Waals surface area contributed by atoms with E-state index in [4.69, 9.17) is 32.4 Å². The van der Waals surface area contributed by atoms with E-state index in [-0.39, 0.29) is 21.8 Å². The molecule has 0 aliphatic carbocycles. The van der Waals surface area contributed by atoms with Crippen LogP contribution in [0.5, 0.6) is 5.75 Å². The summed E-state index contributed by atoms with van der Waals surface area (Å²) in [5, 5.41) is 0.935. The summed E-state index contributed by atoms with van der Waals surface area (Å²) in [5.41, 5.74) is 0.769. The van der Waals surface area contributed by atoms with Gasteiger partial charge in [-0.3, -0.25) is 4.79 Å². The van der Waals surface area contributed by atoms with Crippen LogP contribution in [0.1, 0.15) is 5.56 Å². The van der Waals surface area contributed by atoms with Crippen LogP contribution in [0.2, 0.25) is 10.0 Å². The summed E-state index contributed by atoms with van der Waals surface area (Å²) >= 11 is 11.5. The highest BCUT2D eigenvalue weighted by Gasteiger charge is 2.08. The van der Waals surface area contributed by atoms with E-state index in [9.17, 15) is 9.59 Å². The predicted molar refractivity (Wildman–Crippen MR) is 93.6 cm³/mol. The van der Waals surface area contributed by atoms with Crippen molar-refractivity contribution in [1.29, 1.82) is 0 Å². The van der Waals surface area contributed by atoms with Gasteiger partial charge in [0.15, 0.2) is 0 Å². The quantitative estimate of drug-likeness (QED) is 0.385. The van der Waals surface area contributed by atoms with Crippen molar-refractivity contribution in [2.24, 2.45) is 0 Å². The van der Waals surface area contributed by atoms with Crippen LogP contribution < -0.4 is 10.2 Å². The normalized spacial score (nSPS) is 11.1. The van der Waals surface area contributed by atoms with Crippen molar-refractivity contribution >= 4 is 46.2 Å². The Morgan fingerprint density at radius 3 is 2.58 bits per heavy atom. The van der Waals surface area contributed by atoms with Crippen molar-refractivity contribution in [1.82, 2.24) is 0 Å². The highest BCUT2D eigenvalue weighted by atomic mass is 35.5. The van der Waals surface area contributed by atoms with Gasteiger partial charge in [-0.05, 0) is 35.9 Å². The van der Waals surface area contributed by atoms with Crippen LogP contribution >= 0.6 is 23.2 Å². The third kappa shape index (κ3) is 3.67. The van der Waals surface area contributed by atoms with Crippen molar-refractivity contribution in [2.45, 2.75) is 0 Å². The molecule has 0 aliphatic heterocycles. The number of fused-ring (bicyclic) bond motifs is 1. The van der Waals surface area contributed by atoms with Gasteiger partial charge < -0.3 is 9.15 Å². The molecule has 0 fully saturated rings. The predicted octanol–water partition coefficient (Wildman–Crippen LogP) is 4.72. The van der Waals surface area contributed by atoms with E-state index in [0.717, 1.165) is 11.8 Å². The lowest BCUT2D eigenvalue weighted by Gasteiger charge is -2.03. The van der Waals surface area contributed by atoms with Crippen LogP contribution in [0.3, 0.4) is 0 Å². The Labute approximate surface area is 146 Å². The van der Waals surface area contributed by atoms with Crippen LogP contribution in [0.15, 0.2) is 64.0 Å². The zero-order chi connectivity index (χ0) is 17.1. The van der Waals surface area contributed by atoms with E-state index in [0.29, 0.717) is 10.4 Å². The van der Waals surface area contributed by atoms with E-state index in [1.54, 1.807) is 30.3 Å². The number of carbonyl (C=O) groups excluding carboxylic acids is 1. The number of rotatable bonds is 3. The molecule has 0 spiro atoms. The first-order chi connectivity index (χ1) is 11.5. The highest BCUT2D eigenvalue weighted by molar-refractivity contribution is 6.31. The summed E-state index contributed by atoms with van der Waals surface area (Å²) in [6.07, 6.45) is 4.06. The van der Waals surface area contributed by atoms with Crippen molar-refractivity contribution < 1.29 is 13.9 Å². The fourth-order valence-electron chi connectivity index (χ4n) is 2.04. The fraction of sp³-hybridized carbons (Fsp3) is 0. The zero-order valence-electron chi connectivity index (χ0n) is 12.2. The molecular weight excluding hydrogens is 351 g/mol. The lowest BCUT2D eigenvalue weighted by molar-refractivity contribution is -0.128. The third-order valence-electron chi connectivity index (χ3n) is 3.20. The van der Waals surface area contributed by atoms with Crippen LogP contribution in [0.25, 0.3) is 17.0 Å². The Hall–Kier alpha value is -2.56. The number of carbonyl (C=O) groups is 1. The molecule has 0 saturated heterocycles. The van der Waals surface area contributed by atoms with Gasteiger partial charge in [0, 0.05) is 17.2 Å². The lowest BCUT2D eigenvalue weighted by atomic mass is 10.2. The van der Waals surface area contributed by atoms with Crippen molar-refractivity contribution in [3.63, 3.8) is 0 Å². The smallest absolute Gasteiger partial charge is 0.336 e. The topological polar surface area (TPSA) is 56.5 Å². The van der Waals surface area contributed by atoms with Gasteiger partial charge in [0.25, 0.3) is 0 Å². The minimum Gasteiger partial charge on any atom is -0.462 e. The molecule has 24 heavy (non-hydrogen) atoms. The number of hydrogen-bond acceptors (Lipinski definition) is 4. The van der Waals surface area contributed by atoms with Gasteiger partial charge >= 0.3 is 5.97 Å². The average molecular weight is 361 g/mol. The summed E-state index contributed by atoms with van der Waals surface area (Å²) in [6, 6.07) is 11.5. The van der Waals surface area contributed by atoms with Crippen LogP contribution in [-0.2, 0) is 4.79 Å². The Kier molecular flexibility index (Phi) is 4.69. The van der Waals surface area contributed by atoms with Gasteiger partial charge in [-0.15, -0.1) is 0 Å². The maximum absolute atomic E-state index is 11.9. The number of esters is 1. The summed E-state index contributed by atoms with van der Waals surface area (Å²) in [4.78, 5) is 23.7. The second kappa shape index (κ2) is 6.91. The Morgan fingerprint density at radius 2 is 1.83 bits per heavy atom. The van der Waals surface area contributed by atoms with Crippen LogP contribution in [0.4, 0.5) is 0 Å². The molecule has 4 nitrogen and oxygen atoms in total. The average Bonchev–Trinajstić information content (AvgIpc) is 2.58. The number of ether oxygens (including phenoxy) is 1. The number of hydrogen-bond donors (Lipinski definition) is 0. The first-order valence-corrected chi connectivity index (χ1v) is 7.65. The molecule has 0 saturated carbocycles. The summed E-state index contributed by atoms with van der Waals surface area (Å²) in [6.45, 7) is 0. The largest absolute Gasteiger partial charge is 0.462 e. The van der Waals surface area contributed by atoms with Gasteiger partial charge in [-0.2, -0.15) is 0 Å². The summed E-state index contributed by atoms with van der Waals surface area (Å²) < 4.78 is 10.4. The number of halogens is 2. The molecule has 0 amide bonds. The molecule has 0 aliphatic rings. The second-order valence-corrected chi connectivity index (χ2v) is 5.72. The molecule has 3 aromatic rings. The molecule has 6 heteroatoms. The lowest BCUT2D eigenvalue weighted by Crippen LogP contribution is -2.05. The Bertz CT molecular complexity index is 988. The molecular formula is C18H10Cl2O4. The van der Waals surface area contributed by atoms with Gasteiger partial charge in [-0.1, -0.05) is 35.3 Å². The van der Waals surface area contributed by atoms with Gasteiger partial charge in [0.05, 0.1) is 5.39 Å². The molecule has 0 unspecified atom stereocenters. The maximum Gasteiger partial charge on any atom is 0.336 e. The highest BCUT2D eigenvalue weighted by Crippen LogP contribution is 2.20. The Balaban J connectivity index is 1.77. The second-order valence-electron chi connectivity index (χ2n) is 4.88. The van der Waals surface area contributed by atoms with E-state index >= 15 is 0 Å². The monoisotopic (exact) mass is 360 g/mol. The first-order valence-electron chi connectivity index (χ1n) is 6.89. The van der Waals surface area contributed by atoms with E-state index in [1.807, 2.05) is 0 Å². The van der Waals surface area contributed by atoms with E-state index < -0.39 is 5.97 Å². The van der Waals surface area contributed by atoms with Crippen molar-refractivity contribution in [2.75, 3.05) is 0 Å². The van der Waals surface area contributed by atoms with Crippen LogP contribution in [0, 0.1) is 0 Å². The van der Waals surface area contributed by atoms with Gasteiger partial charge in [-0.25, -0.2) is 4.79 Å². The molecule has 0 N–H and O–H groups in total. The summed E-state index contributed by atoms with van der Waals surface area (Å²) in [7, 11) is 0. The molecule has 1 aromatic heterocycles. The minimum atomic E-state index is -0.555. The molecule has 120 valence electrons. The zero-order valence-corrected chi connectivity index (χ0v) is 13.7. The molecule has 2 aromatic carbocycles. The third-order valence-corrected chi connectivity index (χ3v) is 3.72.